The van der Waals surface area contributed by atoms with Crippen molar-refractivity contribution in [1.82, 2.24) is 9.97 Å². The van der Waals surface area contributed by atoms with Gasteiger partial charge in [-0.3, -0.25) is 4.98 Å². The van der Waals surface area contributed by atoms with Crippen LogP contribution >= 0.6 is 27.3 Å². The van der Waals surface area contributed by atoms with E-state index in [1.165, 1.54) is 0 Å². The molecule has 2 heterocycles. The van der Waals surface area contributed by atoms with E-state index in [-0.39, 0.29) is 0 Å². The van der Waals surface area contributed by atoms with Gasteiger partial charge >= 0.3 is 0 Å². The SMILES string of the molecule is NCc1sc(-c2ccncc2)nc1Br. The van der Waals surface area contributed by atoms with E-state index < -0.39 is 0 Å². The number of hydrogen-bond acceptors (Lipinski definition) is 4. The minimum atomic E-state index is 0.517. The minimum absolute atomic E-state index is 0.517. The topological polar surface area (TPSA) is 51.8 Å². The molecule has 3 nitrogen and oxygen atoms in total. The Kier molecular flexibility index (Phi) is 2.90. The number of rotatable bonds is 2. The van der Waals surface area contributed by atoms with Gasteiger partial charge in [0.05, 0.1) is 4.88 Å². The summed E-state index contributed by atoms with van der Waals surface area (Å²) < 4.78 is 0.844. The number of halogens is 1. The van der Waals surface area contributed by atoms with Crippen molar-refractivity contribution >= 4 is 27.3 Å². The third-order valence-electron chi connectivity index (χ3n) is 1.76. The fourth-order valence-electron chi connectivity index (χ4n) is 1.08. The van der Waals surface area contributed by atoms with Crippen molar-refractivity contribution in [3.63, 3.8) is 0 Å². The minimum Gasteiger partial charge on any atom is -0.326 e. The first kappa shape index (κ1) is 9.76. The molecule has 2 aromatic heterocycles. The monoisotopic (exact) mass is 269 g/mol. The van der Waals surface area contributed by atoms with E-state index in [2.05, 4.69) is 25.9 Å². The highest BCUT2D eigenvalue weighted by atomic mass is 79.9. The smallest absolute Gasteiger partial charge is 0.125 e. The van der Waals surface area contributed by atoms with Crippen LogP contribution in [0.2, 0.25) is 0 Å². The van der Waals surface area contributed by atoms with Crippen LogP contribution < -0.4 is 5.73 Å². The van der Waals surface area contributed by atoms with Gasteiger partial charge < -0.3 is 5.73 Å². The number of hydrogen-bond donors (Lipinski definition) is 1. The molecule has 0 aliphatic carbocycles. The Morgan fingerprint density at radius 2 is 2.07 bits per heavy atom. The summed E-state index contributed by atoms with van der Waals surface area (Å²) in [4.78, 5) is 9.41. The molecule has 0 fully saturated rings. The molecule has 0 aliphatic heterocycles. The molecule has 0 spiro atoms. The first-order valence-corrected chi connectivity index (χ1v) is 5.68. The maximum atomic E-state index is 5.57. The summed E-state index contributed by atoms with van der Waals surface area (Å²) in [6.45, 7) is 0.517. The van der Waals surface area contributed by atoms with Gasteiger partial charge in [0.15, 0.2) is 0 Å². The molecular weight excluding hydrogens is 262 g/mol. The van der Waals surface area contributed by atoms with Gasteiger partial charge in [0, 0.05) is 24.5 Å². The summed E-state index contributed by atoms with van der Waals surface area (Å²) in [6.07, 6.45) is 3.51. The van der Waals surface area contributed by atoms with E-state index in [1.54, 1.807) is 23.7 Å². The van der Waals surface area contributed by atoms with E-state index in [9.17, 15) is 0 Å². The Labute approximate surface area is 94.1 Å². The maximum Gasteiger partial charge on any atom is 0.125 e. The second kappa shape index (κ2) is 4.16. The van der Waals surface area contributed by atoms with Crippen molar-refractivity contribution in [3.8, 4) is 10.6 Å². The highest BCUT2D eigenvalue weighted by Crippen LogP contribution is 2.30. The highest BCUT2D eigenvalue weighted by molar-refractivity contribution is 9.10. The predicted molar refractivity (Wildman–Crippen MR) is 60.9 cm³/mol. The summed E-state index contributed by atoms with van der Waals surface area (Å²) in [7, 11) is 0. The van der Waals surface area contributed by atoms with E-state index in [0.717, 1.165) is 20.1 Å². The largest absolute Gasteiger partial charge is 0.326 e. The zero-order valence-electron chi connectivity index (χ0n) is 7.27. The quantitative estimate of drug-likeness (QED) is 0.911. The van der Waals surface area contributed by atoms with Crippen molar-refractivity contribution in [2.45, 2.75) is 6.54 Å². The fourth-order valence-corrected chi connectivity index (χ4v) is 2.61. The van der Waals surface area contributed by atoms with Gasteiger partial charge in [-0.1, -0.05) is 0 Å². The average molecular weight is 270 g/mol. The summed E-state index contributed by atoms with van der Waals surface area (Å²) in [5.41, 5.74) is 6.64. The first-order chi connectivity index (χ1) is 6.81. The molecule has 0 atom stereocenters. The number of nitrogens with two attached hydrogens (primary N) is 1. The molecule has 0 unspecified atom stereocenters. The molecule has 0 aromatic carbocycles. The van der Waals surface area contributed by atoms with Crippen molar-refractivity contribution in [2.75, 3.05) is 0 Å². The van der Waals surface area contributed by atoms with Crippen molar-refractivity contribution < 1.29 is 0 Å². The fraction of sp³-hybridized carbons (Fsp3) is 0.111. The maximum absolute atomic E-state index is 5.57. The molecule has 5 heteroatoms. The second-order valence-electron chi connectivity index (χ2n) is 2.67. The van der Waals surface area contributed by atoms with Gasteiger partial charge in [0.2, 0.25) is 0 Å². The molecule has 2 N–H and O–H groups in total. The van der Waals surface area contributed by atoms with E-state index >= 15 is 0 Å². The van der Waals surface area contributed by atoms with Gasteiger partial charge in [-0.05, 0) is 28.1 Å². The lowest BCUT2D eigenvalue weighted by molar-refractivity contribution is 1.08. The zero-order valence-corrected chi connectivity index (χ0v) is 9.68. The van der Waals surface area contributed by atoms with Gasteiger partial charge in [0.25, 0.3) is 0 Å². The molecule has 2 aromatic rings. The van der Waals surface area contributed by atoms with Crippen molar-refractivity contribution in [3.05, 3.63) is 34.0 Å². The van der Waals surface area contributed by atoms with Crippen LogP contribution in [0.4, 0.5) is 0 Å². The predicted octanol–water partition coefficient (Wildman–Crippen LogP) is 2.43. The van der Waals surface area contributed by atoms with Crippen LogP contribution in [-0.2, 0) is 6.54 Å². The number of thiazole rings is 1. The number of pyridine rings is 1. The van der Waals surface area contributed by atoms with E-state index in [4.69, 9.17) is 5.73 Å². The average Bonchev–Trinajstić information content (AvgIpc) is 2.61. The summed E-state index contributed by atoms with van der Waals surface area (Å²) in [5.74, 6) is 0. The third-order valence-corrected chi connectivity index (χ3v) is 3.81. The highest BCUT2D eigenvalue weighted by Gasteiger charge is 2.08. The molecule has 14 heavy (non-hydrogen) atoms. The van der Waals surface area contributed by atoms with E-state index in [0.29, 0.717) is 6.54 Å². The lowest BCUT2D eigenvalue weighted by Crippen LogP contribution is -1.92. The van der Waals surface area contributed by atoms with Gasteiger partial charge in [-0.2, -0.15) is 0 Å². The lowest BCUT2D eigenvalue weighted by Gasteiger charge is -1.92. The summed E-state index contributed by atoms with van der Waals surface area (Å²) >= 11 is 4.98. The first-order valence-electron chi connectivity index (χ1n) is 4.07. The second-order valence-corrected chi connectivity index (χ2v) is 4.51. The molecule has 2 rings (SSSR count). The molecule has 0 amide bonds. The van der Waals surface area contributed by atoms with Gasteiger partial charge in [-0.15, -0.1) is 11.3 Å². The number of aromatic nitrogens is 2. The third kappa shape index (κ3) is 1.84. The van der Waals surface area contributed by atoms with Crippen LogP contribution in [0.1, 0.15) is 4.88 Å². The molecule has 0 aliphatic rings. The Bertz CT molecular complexity index is 427. The molecular formula is C9H8BrN3S. The summed E-state index contributed by atoms with van der Waals surface area (Å²) in [6, 6.07) is 3.87. The Balaban J connectivity index is 2.43. The van der Waals surface area contributed by atoms with Crippen LogP contribution in [0, 0.1) is 0 Å². The van der Waals surface area contributed by atoms with Crippen molar-refractivity contribution in [2.24, 2.45) is 5.73 Å². The van der Waals surface area contributed by atoms with Gasteiger partial charge in [-0.25, -0.2) is 4.98 Å². The Hall–Kier alpha value is -0.780. The standard InChI is InChI=1S/C9H8BrN3S/c10-8-7(5-11)14-9(13-8)6-1-3-12-4-2-6/h1-4H,5,11H2. The van der Waals surface area contributed by atoms with Crippen molar-refractivity contribution in [1.29, 1.82) is 0 Å². The van der Waals surface area contributed by atoms with Crippen LogP contribution in [0.3, 0.4) is 0 Å². The van der Waals surface area contributed by atoms with Crippen LogP contribution in [-0.4, -0.2) is 9.97 Å². The van der Waals surface area contributed by atoms with Crippen LogP contribution in [0.25, 0.3) is 10.6 Å². The lowest BCUT2D eigenvalue weighted by atomic mass is 10.3. The zero-order chi connectivity index (χ0) is 9.97. The van der Waals surface area contributed by atoms with Crippen LogP contribution in [0.5, 0.6) is 0 Å². The Morgan fingerprint density at radius 1 is 1.36 bits per heavy atom. The normalized spacial score (nSPS) is 10.4. The molecule has 0 radical (unpaired) electrons. The molecule has 0 saturated carbocycles. The Morgan fingerprint density at radius 3 is 2.64 bits per heavy atom. The molecule has 0 bridgehead atoms. The number of nitrogens with zero attached hydrogens (tertiary/aromatic N) is 2. The van der Waals surface area contributed by atoms with Gasteiger partial charge in [0.1, 0.15) is 9.61 Å². The van der Waals surface area contributed by atoms with E-state index in [1.807, 2.05) is 12.1 Å². The van der Waals surface area contributed by atoms with Crippen LogP contribution in [0.15, 0.2) is 29.1 Å². The molecule has 72 valence electrons. The summed E-state index contributed by atoms with van der Waals surface area (Å²) in [5, 5.41) is 0.972. The molecule has 0 saturated heterocycles.